The predicted octanol–water partition coefficient (Wildman–Crippen LogP) is 2.25. The molecule has 5 heteroatoms. The summed E-state index contributed by atoms with van der Waals surface area (Å²) in [5.74, 6) is 0. The highest BCUT2D eigenvalue weighted by atomic mass is 79.9. The molecule has 1 rings (SSSR count). The number of benzene rings is 1. The summed E-state index contributed by atoms with van der Waals surface area (Å²) in [6.45, 7) is 0. The zero-order chi connectivity index (χ0) is 10.5. The lowest BCUT2D eigenvalue weighted by Crippen LogP contribution is -1.55. The summed E-state index contributed by atoms with van der Waals surface area (Å²) in [7, 11) is 0. The second kappa shape index (κ2) is 13.1. The Morgan fingerprint density at radius 3 is 1.46 bits per heavy atom. The molecule has 0 unspecified atom stereocenters. The van der Waals surface area contributed by atoms with Gasteiger partial charge in [-0.2, -0.15) is 0 Å². The van der Waals surface area contributed by atoms with E-state index in [1.54, 1.807) is 0 Å². The minimum Gasteiger partial charge on any atom is -0.222 e. The van der Waals surface area contributed by atoms with Crippen LogP contribution in [0.4, 0.5) is 0 Å². The van der Waals surface area contributed by atoms with Crippen molar-refractivity contribution in [2.45, 2.75) is 0 Å². The van der Waals surface area contributed by atoms with Crippen LogP contribution >= 0.6 is 15.9 Å². The summed E-state index contributed by atoms with van der Waals surface area (Å²) in [5, 5.41) is 10.8. The second-order valence-corrected chi connectivity index (χ2v) is 2.42. The Bertz CT molecular complexity index is 263. The van der Waals surface area contributed by atoms with E-state index >= 15 is 0 Å². The van der Waals surface area contributed by atoms with Crippen molar-refractivity contribution >= 4 is 28.1 Å². The molecule has 0 spiro atoms. The molecule has 1 aromatic carbocycles. The van der Waals surface area contributed by atoms with Crippen LogP contribution in [0.3, 0.4) is 0 Å². The van der Waals surface area contributed by atoms with Crippen molar-refractivity contribution in [3.05, 3.63) is 34.8 Å². The highest BCUT2D eigenvalue weighted by molar-refractivity contribution is 9.10. The van der Waals surface area contributed by atoms with Gasteiger partial charge in [0, 0.05) is 4.47 Å². The number of rotatable bonds is 0. The van der Waals surface area contributed by atoms with Crippen molar-refractivity contribution in [1.29, 1.82) is 10.8 Å². The van der Waals surface area contributed by atoms with Crippen molar-refractivity contribution in [2.75, 3.05) is 0 Å². The zero-order valence-corrected chi connectivity index (χ0v) is 8.17. The fourth-order valence-corrected chi connectivity index (χ4v) is 0.720. The number of carbonyl (C=O) groups excluding carboxylic acids is 2. The summed E-state index contributed by atoms with van der Waals surface area (Å²) >= 11 is 3.31. The largest absolute Gasteiger partial charge is 0.231 e. The summed E-state index contributed by atoms with van der Waals surface area (Å²) in [5.41, 5.74) is 0. The number of isocyanates is 2. The molecule has 0 saturated carbocycles. The summed E-state index contributed by atoms with van der Waals surface area (Å²) in [6.07, 6.45) is 1.50. The van der Waals surface area contributed by atoms with Crippen LogP contribution in [-0.2, 0) is 9.59 Å². The Kier molecular flexibility index (Phi) is 14.1. The molecule has 4 nitrogen and oxygen atoms in total. The molecule has 0 radical (unpaired) electrons. The van der Waals surface area contributed by atoms with E-state index in [1.807, 2.05) is 30.3 Å². The predicted molar refractivity (Wildman–Crippen MR) is 51.0 cm³/mol. The van der Waals surface area contributed by atoms with E-state index in [0.29, 0.717) is 0 Å². The molecule has 0 aliphatic heterocycles. The summed E-state index contributed by atoms with van der Waals surface area (Å²) in [6, 6.07) is 9.97. The molecule has 0 fully saturated rings. The standard InChI is InChI=1S/C6H5Br.2CHNO/c7-6-4-2-1-3-5-6;2*2-1-3/h1-5H;2*2H. The zero-order valence-electron chi connectivity index (χ0n) is 6.58. The maximum absolute atomic E-state index is 8.35. The van der Waals surface area contributed by atoms with E-state index in [0.717, 1.165) is 16.6 Å². The van der Waals surface area contributed by atoms with Gasteiger partial charge in [0.15, 0.2) is 0 Å². The maximum Gasteiger partial charge on any atom is 0.231 e. The number of nitrogens with one attached hydrogen (secondary N) is 2. The third-order valence-corrected chi connectivity index (χ3v) is 1.26. The van der Waals surface area contributed by atoms with Crippen LogP contribution in [0.15, 0.2) is 34.8 Å². The molecule has 1 aromatic rings. The number of halogens is 1. The van der Waals surface area contributed by atoms with Gasteiger partial charge in [0.2, 0.25) is 12.2 Å². The Morgan fingerprint density at radius 1 is 1.00 bits per heavy atom. The molecule has 0 saturated heterocycles. The minimum atomic E-state index is 0.750. The lowest BCUT2D eigenvalue weighted by atomic mass is 10.4. The van der Waals surface area contributed by atoms with E-state index in [1.165, 1.54) is 0 Å². The fourth-order valence-electron chi connectivity index (χ4n) is 0.415. The van der Waals surface area contributed by atoms with Gasteiger partial charge in [-0.05, 0) is 12.1 Å². The molecule has 13 heavy (non-hydrogen) atoms. The first kappa shape index (κ1) is 14.0. The van der Waals surface area contributed by atoms with Gasteiger partial charge in [0.05, 0.1) is 0 Å². The average Bonchev–Trinajstić information content (AvgIpc) is 2.08. The molecule has 0 heterocycles. The van der Waals surface area contributed by atoms with Gasteiger partial charge in [-0.1, -0.05) is 34.1 Å². The van der Waals surface area contributed by atoms with Gasteiger partial charge in [-0.15, -0.1) is 0 Å². The average molecular weight is 243 g/mol. The van der Waals surface area contributed by atoms with Crippen molar-refractivity contribution in [3.8, 4) is 0 Å². The van der Waals surface area contributed by atoms with Crippen molar-refractivity contribution in [1.82, 2.24) is 0 Å². The third kappa shape index (κ3) is 17.9. The van der Waals surface area contributed by atoms with E-state index in [9.17, 15) is 0 Å². The van der Waals surface area contributed by atoms with Crippen LogP contribution in [0, 0.1) is 10.8 Å². The molecular formula is C8H7BrN2O2. The lowest BCUT2D eigenvalue weighted by molar-refractivity contribution is 0.562. The van der Waals surface area contributed by atoms with Crippen LogP contribution in [0.25, 0.3) is 0 Å². The number of hydrogen-bond donors (Lipinski definition) is 2. The monoisotopic (exact) mass is 242 g/mol. The second-order valence-electron chi connectivity index (χ2n) is 1.50. The van der Waals surface area contributed by atoms with Crippen molar-refractivity contribution in [2.24, 2.45) is 0 Å². The van der Waals surface area contributed by atoms with Crippen LogP contribution in [0.5, 0.6) is 0 Å². The Balaban J connectivity index is 0. The molecule has 0 amide bonds. The first-order valence-corrected chi connectivity index (χ1v) is 3.80. The molecule has 0 bridgehead atoms. The Hall–Kier alpha value is -1.54. The van der Waals surface area contributed by atoms with Crippen LogP contribution in [0.2, 0.25) is 0 Å². The normalized spacial score (nSPS) is 5.92. The summed E-state index contributed by atoms with van der Waals surface area (Å²) in [4.78, 5) is 16.7. The van der Waals surface area contributed by atoms with Gasteiger partial charge >= 0.3 is 0 Å². The van der Waals surface area contributed by atoms with Gasteiger partial charge < -0.3 is 0 Å². The fraction of sp³-hybridized carbons (Fsp3) is 0. The molecule has 2 N–H and O–H groups in total. The molecule has 0 aromatic heterocycles. The van der Waals surface area contributed by atoms with Crippen LogP contribution in [-0.4, -0.2) is 12.2 Å². The molecule has 0 aliphatic carbocycles. The van der Waals surface area contributed by atoms with E-state index in [2.05, 4.69) is 15.9 Å². The van der Waals surface area contributed by atoms with Crippen molar-refractivity contribution in [3.63, 3.8) is 0 Å². The minimum absolute atomic E-state index is 0.750. The number of hydrogen-bond acceptors (Lipinski definition) is 4. The first-order valence-electron chi connectivity index (χ1n) is 3.01. The highest BCUT2D eigenvalue weighted by Crippen LogP contribution is 2.05. The van der Waals surface area contributed by atoms with Gasteiger partial charge in [-0.3, -0.25) is 0 Å². The SMILES string of the molecule is Brc1ccccc1.N=C=O.N=C=O. The smallest absolute Gasteiger partial charge is 0.222 e. The highest BCUT2D eigenvalue weighted by Gasteiger charge is 1.74. The van der Waals surface area contributed by atoms with E-state index < -0.39 is 0 Å². The third-order valence-electron chi connectivity index (χ3n) is 0.733. The quantitative estimate of drug-likeness (QED) is 0.541. The molecule has 0 atom stereocenters. The molecular weight excluding hydrogens is 236 g/mol. The van der Waals surface area contributed by atoms with Crippen LogP contribution in [0.1, 0.15) is 0 Å². The first-order chi connectivity index (χ1) is 6.22. The van der Waals surface area contributed by atoms with Gasteiger partial charge in [-0.25, -0.2) is 20.4 Å². The molecule has 0 aliphatic rings. The van der Waals surface area contributed by atoms with Crippen molar-refractivity contribution < 1.29 is 9.59 Å². The Labute approximate surface area is 83.7 Å². The van der Waals surface area contributed by atoms with Gasteiger partial charge in [0.25, 0.3) is 0 Å². The van der Waals surface area contributed by atoms with E-state index in [-0.39, 0.29) is 0 Å². The molecule has 68 valence electrons. The topological polar surface area (TPSA) is 81.8 Å². The van der Waals surface area contributed by atoms with Crippen LogP contribution < -0.4 is 0 Å². The lowest BCUT2D eigenvalue weighted by Gasteiger charge is -1.80. The Morgan fingerprint density at radius 2 is 1.31 bits per heavy atom. The maximum atomic E-state index is 8.35. The van der Waals surface area contributed by atoms with Gasteiger partial charge in [0.1, 0.15) is 0 Å². The summed E-state index contributed by atoms with van der Waals surface area (Å²) < 4.78 is 1.13. The van der Waals surface area contributed by atoms with E-state index in [4.69, 9.17) is 20.4 Å².